The molecule has 0 bridgehead atoms. The van der Waals surface area contributed by atoms with Crippen molar-refractivity contribution < 1.29 is 9.53 Å². The van der Waals surface area contributed by atoms with E-state index in [-0.39, 0.29) is 17.2 Å². The number of imidazole rings is 1. The van der Waals surface area contributed by atoms with Gasteiger partial charge in [0.2, 0.25) is 0 Å². The van der Waals surface area contributed by atoms with Crippen LogP contribution in [0.2, 0.25) is 10.0 Å². The van der Waals surface area contributed by atoms with Crippen LogP contribution in [0.5, 0.6) is 5.75 Å². The highest BCUT2D eigenvalue weighted by Crippen LogP contribution is 2.33. The van der Waals surface area contributed by atoms with Crippen molar-refractivity contribution >= 4 is 34.6 Å². The second-order valence-corrected chi connectivity index (χ2v) is 6.28. The molecule has 0 fully saturated rings. The second-order valence-electron chi connectivity index (χ2n) is 5.47. The van der Waals surface area contributed by atoms with Crippen molar-refractivity contribution in [2.45, 2.75) is 12.8 Å². The second kappa shape index (κ2) is 7.76. The van der Waals surface area contributed by atoms with E-state index in [9.17, 15) is 4.79 Å². The number of nitrogens with zero attached hydrogens (tertiary/aromatic N) is 2. The topological polar surface area (TPSA) is 55.6 Å². The van der Waals surface area contributed by atoms with Gasteiger partial charge in [0.1, 0.15) is 11.4 Å². The molecule has 1 N–H and O–H groups in total. The van der Waals surface area contributed by atoms with Gasteiger partial charge >= 0.3 is 0 Å². The first kappa shape index (κ1) is 17.6. The standard InChI is InChI=1S/C18H17Cl2N3O2/c1-25-17-14(20)8-7-13(19)16(17)18(24)21-9-4-6-15-22-11-12-5-2-3-10-23(12)15/h2-3,5,7-8,10-11H,4,6,9H2,1H3,(H,21,24). The monoisotopic (exact) mass is 377 g/mol. The Morgan fingerprint density at radius 1 is 1.24 bits per heavy atom. The first-order valence-corrected chi connectivity index (χ1v) is 8.58. The molecule has 3 rings (SSSR count). The molecule has 130 valence electrons. The first-order valence-electron chi connectivity index (χ1n) is 7.83. The Morgan fingerprint density at radius 2 is 2.04 bits per heavy atom. The summed E-state index contributed by atoms with van der Waals surface area (Å²) in [6.45, 7) is 0.493. The smallest absolute Gasteiger partial charge is 0.256 e. The molecule has 0 saturated heterocycles. The number of fused-ring (bicyclic) bond motifs is 1. The Bertz CT molecular complexity index is 908. The zero-order valence-electron chi connectivity index (χ0n) is 13.6. The molecule has 25 heavy (non-hydrogen) atoms. The van der Waals surface area contributed by atoms with Crippen LogP contribution in [0.25, 0.3) is 5.52 Å². The number of carbonyl (C=O) groups excluding carboxylic acids is 1. The highest BCUT2D eigenvalue weighted by Gasteiger charge is 2.19. The molecule has 0 aliphatic rings. The number of nitrogens with one attached hydrogen (secondary N) is 1. The number of halogens is 2. The molecule has 0 aliphatic heterocycles. The highest BCUT2D eigenvalue weighted by molar-refractivity contribution is 6.37. The molecule has 2 aromatic heterocycles. The van der Waals surface area contributed by atoms with Gasteiger partial charge < -0.3 is 14.5 Å². The van der Waals surface area contributed by atoms with Gasteiger partial charge in [0.05, 0.1) is 28.9 Å². The number of hydrogen-bond donors (Lipinski definition) is 1. The van der Waals surface area contributed by atoms with E-state index in [1.807, 2.05) is 35.0 Å². The molecular weight excluding hydrogens is 361 g/mol. The maximum atomic E-state index is 12.4. The van der Waals surface area contributed by atoms with Crippen molar-refractivity contribution in [3.8, 4) is 5.75 Å². The van der Waals surface area contributed by atoms with E-state index < -0.39 is 0 Å². The van der Waals surface area contributed by atoms with E-state index in [2.05, 4.69) is 10.3 Å². The van der Waals surface area contributed by atoms with E-state index in [1.165, 1.54) is 7.11 Å². The average Bonchev–Trinajstić information content (AvgIpc) is 3.03. The van der Waals surface area contributed by atoms with Crippen LogP contribution in [0.15, 0.2) is 42.7 Å². The Balaban J connectivity index is 1.61. The molecule has 0 saturated carbocycles. The van der Waals surface area contributed by atoms with Gasteiger partial charge in [-0.1, -0.05) is 29.3 Å². The van der Waals surface area contributed by atoms with Gasteiger partial charge in [0.25, 0.3) is 5.91 Å². The molecular formula is C18H17Cl2N3O2. The summed E-state index contributed by atoms with van der Waals surface area (Å²) >= 11 is 12.2. The fraction of sp³-hybridized carbons (Fsp3) is 0.222. The third-order valence-corrected chi connectivity index (χ3v) is 4.48. The Hall–Kier alpha value is -2.24. The minimum Gasteiger partial charge on any atom is -0.494 e. The summed E-state index contributed by atoms with van der Waals surface area (Å²) in [5.41, 5.74) is 1.31. The van der Waals surface area contributed by atoms with Gasteiger partial charge in [0.15, 0.2) is 5.75 Å². The van der Waals surface area contributed by atoms with Gasteiger partial charge in [-0.05, 0) is 30.7 Å². The molecule has 5 nitrogen and oxygen atoms in total. The largest absolute Gasteiger partial charge is 0.494 e. The molecule has 0 spiro atoms. The predicted molar refractivity (Wildman–Crippen MR) is 98.9 cm³/mol. The molecule has 2 heterocycles. The van der Waals surface area contributed by atoms with Gasteiger partial charge in [-0.15, -0.1) is 0 Å². The van der Waals surface area contributed by atoms with Crippen molar-refractivity contribution in [2.24, 2.45) is 0 Å². The number of pyridine rings is 1. The lowest BCUT2D eigenvalue weighted by molar-refractivity contribution is 0.0950. The molecule has 0 unspecified atom stereocenters. The number of hydrogen-bond acceptors (Lipinski definition) is 3. The third-order valence-electron chi connectivity index (χ3n) is 3.87. The van der Waals surface area contributed by atoms with Crippen molar-refractivity contribution in [3.05, 3.63) is 64.2 Å². The van der Waals surface area contributed by atoms with Crippen LogP contribution >= 0.6 is 23.2 Å². The minimum absolute atomic E-state index is 0.253. The van der Waals surface area contributed by atoms with E-state index in [0.717, 1.165) is 24.2 Å². The van der Waals surface area contributed by atoms with Crippen molar-refractivity contribution in [1.29, 1.82) is 0 Å². The quantitative estimate of drug-likeness (QED) is 0.660. The fourth-order valence-corrected chi connectivity index (χ4v) is 3.13. The summed E-state index contributed by atoms with van der Waals surface area (Å²) in [7, 11) is 1.46. The number of benzene rings is 1. The highest BCUT2D eigenvalue weighted by atomic mass is 35.5. The number of rotatable bonds is 6. The molecule has 1 aromatic carbocycles. The summed E-state index contributed by atoms with van der Waals surface area (Å²) in [5.74, 6) is 0.937. The predicted octanol–water partition coefficient (Wildman–Crippen LogP) is 4.01. The summed E-state index contributed by atoms with van der Waals surface area (Å²) < 4.78 is 7.24. The molecule has 1 amide bonds. The lowest BCUT2D eigenvalue weighted by Gasteiger charge is -2.12. The molecule has 7 heteroatoms. The summed E-state index contributed by atoms with van der Waals surface area (Å²) in [4.78, 5) is 16.8. The molecule has 0 radical (unpaired) electrons. The lowest BCUT2D eigenvalue weighted by atomic mass is 10.1. The van der Waals surface area contributed by atoms with E-state index in [1.54, 1.807) is 12.1 Å². The number of carbonyl (C=O) groups is 1. The number of methoxy groups -OCH3 is 1. The SMILES string of the molecule is COc1c(Cl)ccc(Cl)c1C(=O)NCCCc1ncc2ccccn12. The van der Waals surface area contributed by atoms with Gasteiger partial charge in [-0.25, -0.2) is 4.98 Å². The zero-order chi connectivity index (χ0) is 17.8. The Labute approximate surface area is 155 Å². The van der Waals surface area contributed by atoms with Crippen molar-refractivity contribution in [3.63, 3.8) is 0 Å². The summed E-state index contributed by atoms with van der Waals surface area (Å²) in [5, 5.41) is 3.50. The maximum Gasteiger partial charge on any atom is 0.256 e. The summed E-state index contributed by atoms with van der Waals surface area (Å²) in [6, 6.07) is 9.13. The van der Waals surface area contributed by atoms with Crippen LogP contribution in [-0.2, 0) is 6.42 Å². The van der Waals surface area contributed by atoms with Crippen LogP contribution in [0, 0.1) is 0 Å². The Kier molecular flexibility index (Phi) is 5.46. The lowest BCUT2D eigenvalue weighted by Crippen LogP contribution is -2.25. The molecule has 0 aliphatic carbocycles. The van der Waals surface area contributed by atoms with Crippen LogP contribution in [-0.4, -0.2) is 28.9 Å². The van der Waals surface area contributed by atoms with Crippen LogP contribution in [0.3, 0.4) is 0 Å². The van der Waals surface area contributed by atoms with E-state index >= 15 is 0 Å². The Morgan fingerprint density at radius 3 is 2.84 bits per heavy atom. The molecule has 3 aromatic rings. The first-order chi connectivity index (χ1) is 12.1. The van der Waals surface area contributed by atoms with Crippen molar-refractivity contribution in [1.82, 2.24) is 14.7 Å². The number of amides is 1. The van der Waals surface area contributed by atoms with Crippen LogP contribution in [0.1, 0.15) is 22.6 Å². The minimum atomic E-state index is -0.308. The fourth-order valence-electron chi connectivity index (χ4n) is 2.67. The number of ether oxygens (including phenoxy) is 1. The number of aromatic nitrogens is 2. The average molecular weight is 378 g/mol. The van der Waals surface area contributed by atoms with Crippen molar-refractivity contribution in [2.75, 3.05) is 13.7 Å². The molecule has 0 atom stereocenters. The number of aryl methyl sites for hydroxylation is 1. The third kappa shape index (κ3) is 3.72. The van der Waals surface area contributed by atoms with Gasteiger partial charge in [0, 0.05) is 19.2 Å². The van der Waals surface area contributed by atoms with Crippen LogP contribution < -0.4 is 10.1 Å². The zero-order valence-corrected chi connectivity index (χ0v) is 15.1. The van der Waals surface area contributed by atoms with Gasteiger partial charge in [-0.3, -0.25) is 4.79 Å². The maximum absolute atomic E-state index is 12.4. The normalized spacial score (nSPS) is 10.8. The van der Waals surface area contributed by atoms with E-state index in [0.29, 0.717) is 16.6 Å². The van der Waals surface area contributed by atoms with E-state index in [4.69, 9.17) is 27.9 Å². The van der Waals surface area contributed by atoms with Gasteiger partial charge in [-0.2, -0.15) is 0 Å². The van der Waals surface area contributed by atoms with Crippen LogP contribution in [0.4, 0.5) is 0 Å². The summed E-state index contributed by atoms with van der Waals surface area (Å²) in [6.07, 6.45) is 5.32.